The predicted molar refractivity (Wildman–Crippen MR) is 64.2 cm³/mol. The summed E-state index contributed by atoms with van der Waals surface area (Å²) in [5.41, 5.74) is 2.01. The maximum atomic E-state index is 10.8. The fraction of sp³-hybridized carbons (Fsp3) is 0.400. The van der Waals surface area contributed by atoms with Crippen molar-refractivity contribution in [2.75, 3.05) is 5.75 Å². The molecule has 0 amide bonds. The number of rotatable bonds is 4. The highest BCUT2D eigenvalue weighted by molar-refractivity contribution is 8.13. The van der Waals surface area contributed by atoms with Crippen molar-refractivity contribution in [2.24, 2.45) is 0 Å². The van der Waals surface area contributed by atoms with Crippen LogP contribution in [-0.4, -0.2) is 14.2 Å². The van der Waals surface area contributed by atoms with Crippen LogP contribution in [0.4, 0.5) is 0 Å². The number of benzene rings is 1. The van der Waals surface area contributed by atoms with E-state index in [0.29, 0.717) is 11.4 Å². The first-order valence-electron chi connectivity index (χ1n) is 4.61. The molecule has 84 valence electrons. The van der Waals surface area contributed by atoms with E-state index >= 15 is 0 Å². The maximum absolute atomic E-state index is 10.8. The van der Waals surface area contributed by atoms with Crippen LogP contribution >= 0.6 is 22.3 Å². The van der Waals surface area contributed by atoms with E-state index in [9.17, 15) is 8.42 Å². The molecule has 0 aliphatic carbocycles. The number of hydrogen-bond acceptors (Lipinski definition) is 2. The summed E-state index contributed by atoms with van der Waals surface area (Å²) >= 11 is 5.90. The van der Waals surface area contributed by atoms with Crippen LogP contribution in [0.15, 0.2) is 18.2 Å². The molecule has 0 atom stereocenters. The topological polar surface area (TPSA) is 34.1 Å². The van der Waals surface area contributed by atoms with Crippen LogP contribution in [0.25, 0.3) is 0 Å². The average Bonchev–Trinajstić information content (AvgIpc) is 2.13. The fourth-order valence-electron chi connectivity index (χ4n) is 1.31. The van der Waals surface area contributed by atoms with Crippen molar-refractivity contribution in [3.05, 3.63) is 34.3 Å². The third kappa shape index (κ3) is 4.87. The molecule has 0 saturated carbocycles. The van der Waals surface area contributed by atoms with E-state index in [0.717, 1.165) is 17.5 Å². The summed E-state index contributed by atoms with van der Waals surface area (Å²) in [6.07, 6.45) is 1.28. The molecule has 0 aliphatic rings. The summed E-state index contributed by atoms with van der Waals surface area (Å²) in [5, 5.41) is 0.635. The second kappa shape index (κ2) is 5.19. The van der Waals surface area contributed by atoms with Gasteiger partial charge < -0.3 is 0 Å². The number of aryl methyl sites for hydroxylation is 2. The molecule has 2 nitrogen and oxygen atoms in total. The smallest absolute Gasteiger partial charge is 0.212 e. The van der Waals surface area contributed by atoms with E-state index in [1.54, 1.807) is 6.07 Å². The van der Waals surface area contributed by atoms with Crippen molar-refractivity contribution in [3.8, 4) is 0 Å². The summed E-state index contributed by atoms with van der Waals surface area (Å²) in [5.74, 6) is -0.0575. The van der Waals surface area contributed by atoms with Crippen LogP contribution in [0.3, 0.4) is 0 Å². The molecule has 0 aromatic heterocycles. The molecule has 0 N–H and O–H groups in total. The molecule has 1 aromatic rings. The summed E-state index contributed by atoms with van der Waals surface area (Å²) in [6, 6.07) is 5.59. The van der Waals surface area contributed by atoms with Gasteiger partial charge in [-0.2, -0.15) is 0 Å². The molecule has 0 bridgehead atoms. The van der Waals surface area contributed by atoms with Gasteiger partial charge in [-0.1, -0.05) is 24.6 Å². The average molecular weight is 267 g/mol. The van der Waals surface area contributed by atoms with E-state index in [4.69, 9.17) is 22.3 Å². The highest BCUT2D eigenvalue weighted by Crippen LogP contribution is 2.17. The van der Waals surface area contributed by atoms with Gasteiger partial charge in [-0.15, -0.1) is 0 Å². The summed E-state index contributed by atoms with van der Waals surface area (Å²) in [4.78, 5) is 0. The molecule has 5 heteroatoms. The molecule has 0 radical (unpaired) electrons. The SMILES string of the molecule is CCc1cc(Cl)cc(CCS(=O)(=O)Cl)c1. The standard InChI is InChI=1S/C10H12Cl2O2S/c1-2-8-5-9(7-10(11)6-8)3-4-15(12,13)14/h5-7H,2-4H2,1H3. The third-order valence-electron chi connectivity index (χ3n) is 2.06. The van der Waals surface area contributed by atoms with Crippen LogP contribution in [0.1, 0.15) is 18.1 Å². The molecular formula is C10H12Cl2O2S. The van der Waals surface area contributed by atoms with E-state index < -0.39 is 9.05 Å². The zero-order chi connectivity index (χ0) is 11.5. The van der Waals surface area contributed by atoms with Gasteiger partial charge >= 0.3 is 0 Å². The zero-order valence-electron chi connectivity index (χ0n) is 8.33. The minimum Gasteiger partial charge on any atom is -0.212 e. The number of hydrogen-bond donors (Lipinski definition) is 0. The van der Waals surface area contributed by atoms with Crippen molar-refractivity contribution < 1.29 is 8.42 Å². The van der Waals surface area contributed by atoms with Gasteiger partial charge in [-0.05, 0) is 36.1 Å². The molecule has 0 aliphatic heterocycles. The molecule has 15 heavy (non-hydrogen) atoms. The Bertz CT molecular complexity index is 441. The lowest BCUT2D eigenvalue weighted by Gasteiger charge is -2.04. The Morgan fingerprint density at radius 2 is 1.80 bits per heavy atom. The molecule has 0 spiro atoms. The zero-order valence-corrected chi connectivity index (χ0v) is 10.7. The Hall–Kier alpha value is -0.250. The minimum absolute atomic E-state index is 0.0575. The van der Waals surface area contributed by atoms with Crippen molar-refractivity contribution in [3.63, 3.8) is 0 Å². The predicted octanol–water partition coefficient (Wildman–Crippen LogP) is 3.01. The fourth-order valence-corrected chi connectivity index (χ4v) is 2.30. The summed E-state index contributed by atoms with van der Waals surface area (Å²) in [7, 11) is 1.71. The highest BCUT2D eigenvalue weighted by Gasteiger charge is 2.06. The maximum Gasteiger partial charge on any atom is 0.232 e. The van der Waals surface area contributed by atoms with Crippen molar-refractivity contribution in [1.82, 2.24) is 0 Å². The lowest BCUT2D eigenvalue weighted by molar-refractivity contribution is 0.609. The van der Waals surface area contributed by atoms with Gasteiger partial charge in [0.25, 0.3) is 0 Å². The molecule has 0 unspecified atom stereocenters. The Morgan fingerprint density at radius 1 is 1.20 bits per heavy atom. The normalized spacial score (nSPS) is 11.7. The second-order valence-electron chi connectivity index (χ2n) is 3.31. The Balaban J connectivity index is 2.81. The molecule has 1 rings (SSSR count). The first kappa shape index (κ1) is 12.8. The largest absolute Gasteiger partial charge is 0.232 e. The van der Waals surface area contributed by atoms with Gasteiger partial charge in [0.1, 0.15) is 0 Å². The van der Waals surface area contributed by atoms with Crippen molar-refractivity contribution in [2.45, 2.75) is 19.8 Å². The highest BCUT2D eigenvalue weighted by atomic mass is 35.7. The van der Waals surface area contributed by atoms with E-state index in [-0.39, 0.29) is 5.75 Å². The number of halogens is 2. The van der Waals surface area contributed by atoms with Gasteiger partial charge in [-0.3, -0.25) is 0 Å². The first-order chi connectivity index (χ1) is 6.90. The van der Waals surface area contributed by atoms with Crippen molar-refractivity contribution >= 4 is 31.3 Å². The van der Waals surface area contributed by atoms with E-state index in [1.807, 2.05) is 19.1 Å². The molecule has 1 aromatic carbocycles. The lowest BCUT2D eigenvalue weighted by atomic mass is 10.1. The second-order valence-corrected chi connectivity index (χ2v) is 6.65. The van der Waals surface area contributed by atoms with Gasteiger partial charge in [0, 0.05) is 15.7 Å². The van der Waals surface area contributed by atoms with Crippen LogP contribution in [0.2, 0.25) is 5.02 Å². The van der Waals surface area contributed by atoms with Crippen molar-refractivity contribution in [1.29, 1.82) is 0 Å². The van der Waals surface area contributed by atoms with E-state index in [2.05, 4.69) is 0 Å². The lowest BCUT2D eigenvalue weighted by Crippen LogP contribution is -2.01. The first-order valence-corrected chi connectivity index (χ1v) is 7.47. The van der Waals surface area contributed by atoms with Gasteiger partial charge in [-0.25, -0.2) is 8.42 Å². The third-order valence-corrected chi connectivity index (χ3v) is 3.43. The quantitative estimate of drug-likeness (QED) is 0.786. The Kier molecular flexibility index (Phi) is 4.44. The van der Waals surface area contributed by atoms with Crippen LogP contribution < -0.4 is 0 Å². The molecule has 0 saturated heterocycles. The van der Waals surface area contributed by atoms with Crippen LogP contribution in [0, 0.1) is 0 Å². The van der Waals surface area contributed by atoms with Crippen LogP contribution in [0.5, 0.6) is 0 Å². The Morgan fingerprint density at radius 3 is 2.33 bits per heavy atom. The molecule has 0 fully saturated rings. The monoisotopic (exact) mass is 266 g/mol. The van der Waals surface area contributed by atoms with Gasteiger partial charge in [0.2, 0.25) is 9.05 Å². The van der Waals surface area contributed by atoms with Gasteiger partial charge in [0.15, 0.2) is 0 Å². The minimum atomic E-state index is -3.43. The van der Waals surface area contributed by atoms with Crippen LogP contribution in [-0.2, 0) is 21.9 Å². The molecular weight excluding hydrogens is 255 g/mol. The summed E-state index contributed by atoms with van der Waals surface area (Å²) < 4.78 is 21.6. The van der Waals surface area contributed by atoms with Gasteiger partial charge in [0.05, 0.1) is 5.75 Å². The molecule has 0 heterocycles. The Labute approximate surface area is 99.6 Å². The summed E-state index contributed by atoms with van der Waals surface area (Å²) in [6.45, 7) is 2.02. The van der Waals surface area contributed by atoms with E-state index in [1.165, 1.54) is 0 Å².